The first kappa shape index (κ1) is 23.8. The third-order valence-electron chi connectivity index (χ3n) is 3.16. The van der Waals surface area contributed by atoms with Crippen LogP contribution in [0.3, 0.4) is 0 Å². The van der Waals surface area contributed by atoms with E-state index >= 15 is 0 Å². The van der Waals surface area contributed by atoms with Gasteiger partial charge in [-0.15, -0.1) is 0 Å². The number of benzene rings is 1. The topological polar surface area (TPSA) is 124 Å². The molecule has 9 nitrogen and oxygen atoms in total. The molecular formula is C16H27NO8P2. The van der Waals surface area contributed by atoms with Gasteiger partial charge in [0.15, 0.2) is 11.5 Å². The third kappa shape index (κ3) is 6.42. The molecule has 27 heavy (non-hydrogen) atoms. The van der Waals surface area contributed by atoms with E-state index in [9.17, 15) is 19.3 Å². The summed E-state index contributed by atoms with van der Waals surface area (Å²) < 4.78 is 47.7. The van der Waals surface area contributed by atoms with E-state index < -0.39 is 20.7 Å². The Balaban J connectivity index is 3.42. The van der Waals surface area contributed by atoms with Crippen LogP contribution in [0.15, 0.2) is 23.2 Å². The molecule has 0 bridgehead atoms. The van der Waals surface area contributed by atoms with Crippen LogP contribution in [-0.4, -0.2) is 48.4 Å². The molecule has 0 saturated carbocycles. The van der Waals surface area contributed by atoms with Crippen molar-refractivity contribution in [1.29, 1.82) is 0 Å². The molecule has 0 spiro atoms. The minimum atomic E-state index is -3.99. The molecule has 1 aromatic carbocycles. The molecule has 154 valence electrons. The van der Waals surface area contributed by atoms with Crippen molar-refractivity contribution in [2.75, 3.05) is 26.4 Å². The summed E-state index contributed by atoms with van der Waals surface area (Å²) in [6.07, 6.45) is 1.24. The van der Waals surface area contributed by atoms with E-state index in [1.165, 1.54) is 24.4 Å². The Bertz CT molecular complexity index is 674. The number of aromatic hydroxyl groups is 2. The van der Waals surface area contributed by atoms with Gasteiger partial charge in [-0.05, 0) is 51.5 Å². The first-order chi connectivity index (χ1) is 12.8. The van der Waals surface area contributed by atoms with Gasteiger partial charge in [0.25, 0.3) is 5.52 Å². The lowest BCUT2D eigenvalue weighted by Crippen LogP contribution is -2.16. The maximum absolute atomic E-state index is 13.3. The van der Waals surface area contributed by atoms with E-state index in [-0.39, 0.29) is 37.9 Å². The first-order valence-corrected chi connectivity index (χ1v) is 11.8. The minimum absolute atomic E-state index is 0.0432. The molecule has 0 saturated heterocycles. The van der Waals surface area contributed by atoms with Crippen LogP contribution in [0.5, 0.6) is 11.5 Å². The van der Waals surface area contributed by atoms with Gasteiger partial charge in [-0.25, -0.2) is 0 Å². The van der Waals surface area contributed by atoms with Gasteiger partial charge in [0.1, 0.15) is 0 Å². The standard InChI is InChI=1S/C16H27NO8P2/c1-5-22-26(20,23-6-2)16(27(21,24-7-3)25-8-4)17-12-13-9-10-14(18)15(19)11-13/h9-12,16,18-19H,5-8H2,1-4H3/b17-12+. The minimum Gasteiger partial charge on any atom is -0.504 e. The molecule has 0 unspecified atom stereocenters. The molecule has 11 heteroatoms. The van der Waals surface area contributed by atoms with Crippen LogP contribution in [0.4, 0.5) is 0 Å². The highest BCUT2D eigenvalue weighted by Crippen LogP contribution is 2.70. The van der Waals surface area contributed by atoms with Gasteiger partial charge in [-0.1, -0.05) is 0 Å². The normalized spacial score (nSPS) is 12.9. The van der Waals surface area contributed by atoms with E-state index in [0.29, 0.717) is 5.56 Å². The quantitative estimate of drug-likeness (QED) is 0.289. The van der Waals surface area contributed by atoms with Gasteiger partial charge in [0, 0.05) is 6.21 Å². The highest BCUT2D eigenvalue weighted by atomic mass is 31.2. The summed E-state index contributed by atoms with van der Waals surface area (Å²) in [5, 5.41) is 19.0. The number of hydrogen-bond donors (Lipinski definition) is 2. The Labute approximate surface area is 159 Å². The molecule has 0 aliphatic carbocycles. The zero-order valence-corrected chi connectivity index (χ0v) is 17.7. The predicted molar refractivity (Wildman–Crippen MR) is 103 cm³/mol. The van der Waals surface area contributed by atoms with Gasteiger partial charge in [-0.2, -0.15) is 0 Å². The van der Waals surface area contributed by atoms with Gasteiger partial charge < -0.3 is 28.3 Å². The largest absolute Gasteiger partial charge is 0.504 e. The Morgan fingerprint density at radius 2 is 1.33 bits per heavy atom. The highest BCUT2D eigenvalue weighted by Gasteiger charge is 2.51. The molecule has 1 aromatic rings. The monoisotopic (exact) mass is 423 g/mol. The lowest BCUT2D eigenvalue weighted by molar-refractivity contribution is 0.196. The van der Waals surface area contributed by atoms with Crippen molar-refractivity contribution >= 4 is 21.4 Å². The molecule has 0 amide bonds. The summed E-state index contributed by atoms with van der Waals surface area (Å²) in [6.45, 7) is 6.66. The van der Waals surface area contributed by atoms with Crippen molar-refractivity contribution in [2.24, 2.45) is 4.99 Å². The van der Waals surface area contributed by atoms with Crippen molar-refractivity contribution in [3.63, 3.8) is 0 Å². The fraction of sp³-hybridized carbons (Fsp3) is 0.562. The molecule has 0 fully saturated rings. The fourth-order valence-electron chi connectivity index (χ4n) is 2.17. The molecule has 0 radical (unpaired) electrons. The molecular weight excluding hydrogens is 396 g/mol. The van der Waals surface area contributed by atoms with Crippen molar-refractivity contribution in [2.45, 2.75) is 33.2 Å². The van der Waals surface area contributed by atoms with Crippen LogP contribution in [-0.2, 0) is 27.2 Å². The van der Waals surface area contributed by atoms with Crippen LogP contribution < -0.4 is 0 Å². The number of nitrogens with zero attached hydrogens (tertiary/aromatic N) is 1. The molecule has 1 rings (SSSR count). The summed E-state index contributed by atoms with van der Waals surface area (Å²) in [7, 11) is -7.98. The lowest BCUT2D eigenvalue weighted by atomic mass is 10.2. The summed E-state index contributed by atoms with van der Waals surface area (Å²) in [5.41, 5.74) is -1.17. The molecule has 0 aliphatic rings. The van der Waals surface area contributed by atoms with Gasteiger partial charge in [0.05, 0.1) is 26.4 Å². The van der Waals surface area contributed by atoms with Crippen molar-refractivity contribution in [1.82, 2.24) is 0 Å². The summed E-state index contributed by atoms with van der Waals surface area (Å²) >= 11 is 0. The van der Waals surface area contributed by atoms with Crippen LogP contribution in [0.2, 0.25) is 0 Å². The number of aliphatic imine (C=N–C) groups is 1. The maximum Gasteiger partial charge on any atom is 0.367 e. The Kier molecular flexibility index (Phi) is 9.67. The van der Waals surface area contributed by atoms with Crippen molar-refractivity contribution in [3.8, 4) is 11.5 Å². The van der Waals surface area contributed by atoms with Gasteiger partial charge in [-0.3, -0.25) is 14.1 Å². The number of hydrogen-bond acceptors (Lipinski definition) is 9. The van der Waals surface area contributed by atoms with Crippen LogP contribution in [0, 0.1) is 0 Å². The molecule has 0 heterocycles. The summed E-state index contributed by atoms with van der Waals surface area (Å²) in [4.78, 5) is 4.14. The molecule has 0 aromatic heterocycles. The van der Waals surface area contributed by atoms with Gasteiger partial charge >= 0.3 is 15.2 Å². The number of phenols is 2. The Morgan fingerprint density at radius 3 is 1.70 bits per heavy atom. The van der Waals surface area contributed by atoms with E-state index in [0.717, 1.165) is 0 Å². The third-order valence-corrected chi connectivity index (χ3v) is 8.73. The van der Waals surface area contributed by atoms with E-state index in [1.54, 1.807) is 27.7 Å². The lowest BCUT2D eigenvalue weighted by Gasteiger charge is -2.28. The van der Waals surface area contributed by atoms with E-state index in [4.69, 9.17) is 18.1 Å². The van der Waals surface area contributed by atoms with E-state index in [1.807, 2.05) is 0 Å². The van der Waals surface area contributed by atoms with Gasteiger partial charge in [0.2, 0.25) is 0 Å². The van der Waals surface area contributed by atoms with Crippen LogP contribution in [0.25, 0.3) is 0 Å². The van der Waals surface area contributed by atoms with E-state index in [2.05, 4.69) is 4.99 Å². The second-order valence-corrected chi connectivity index (χ2v) is 9.70. The zero-order valence-electron chi connectivity index (χ0n) is 15.9. The van der Waals surface area contributed by atoms with Crippen LogP contribution >= 0.6 is 15.2 Å². The molecule has 0 atom stereocenters. The maximum atomic E-state index is 13.3. The van der Waals surface area contributed by atoms with Crippen molar-refractivity contribution < 1.29 is 37.4 Å². The zero-order chi connectivity index (χ0) is 20.5. The Hall–Kier alpha value is -1.21. The number of rotatable bonds is 12. The first-order valence-electron chi connectivity index (χ1n) is 8.59. The molecule has 2 N–H and O–H groups in total. The highest BCUT2D eigenvalue weighted by molar-refractivity contribution is 7.72. The predicted octanol–water partition coefficient (Wildman–Crippen LogP) is 4.33. The summed E-state index contributed by atoms with van der Waals surface area (Å²) in [6, 6.07) is 3.98. The average Bonchev–Trinajstić information content (AvgIpc) is 2.59. The van der Waals surface area contributed by atoms with Crippen LogP contribution in [0.1, 0.15) is 33.3 Å². The van der Waals surface area contributed by atoms with Crippen molar-refractivity contribution in [3.05, 3.63) is 23.8 Å². The fourth-order valence-corrected chi connectivity index (χ4v) is 6.94. The second kappa shape index (κ2) is 11.0. The summed E-state index contributed by atoms with van der Waals surface area (Å²) in [5.74, 6) is -0.654. The Morgan fingerprint density at radius 1 is 0.889 bits per heavy atom. The number of phenolic OH excluding ortho intramolecular Hbond substituents is 2. The average molecular weight is 423 g/mol. The second-order valence-electron chi connectivity index (χ2n) is 5.12. The smallest absolute Gasteiger partial charge is 0.367 e. The SMILES string of the molecule is CCOP(=O)(OCC)C(/N=C/c1ccc(O)c(O)c1)P(=O)(OCC)OCC. The molecule has 0 aliphatic heterocycles.